The summed E-state index contributed by atoms with van der Waals surface area (Å²) >= 11 is 1.73. The number of rotatable bonds is 3. The van der Waals surface area contributed by atoms with Crippen molar-refractivity contribution in [3.8, 4) is 0 Å². The van der Waals surface area contributed by atoms with Crippen LogP contribution in [0.3, 0.4) is 0 Å². The zero-order chi connectivity index (χ0) is 14.2. The van der Waals surface area contributed by atoms with Gasteiger partial charge in [0.05, 0.1) is 23.4 Å². The minimum Gasteiger partial charge on any atom is -0.392 e. The lowest BCUT2D eigenvalue weighted by molar-refractivity contribution is 0.282. The normalized spacial score (nSPS) is 11.5. The van der Waals surface area contributed by atoms with E-state index in [9.17, 15) is 5.11 Å². The van der Waals surface area contributed by atoms with Crippen molar-refractivity contribution in [3.63, 3.8) is 0 Å². The molecule has 0 amide bonds. The second-order valence-corrected chi connectivity index (χ2v) is 6.19. The molecule has 4 heteroatoms. The summed E-state index contributed by atoms with van der Waals surface area (Å²) in [7, 11) is 0. The van der Waals surface area contributed by atoms with E-state index in [1.807, 2.05) is 30.3 Å². The Morgan fingerprint density at radius 2 is 2.00 bits per heavy atom. The van der Waals surface area contributed by atoms with Crippen LogP contribution in [-0.2, 0) is 13.2 Å². The van der Waals surface area contributed by atoms with Gasteiger partial charge in [0.1, 0.15) is 5.01 Å². The monoisotopic (exact) mass is 294 g/mol. The Balaban J connectivity index is 1.76. The molecule has 2 heterocycles. The summed E-state index contributed by atoms with van der Waals surface area (Å²) in [6, 6.07) is 16.4. The van der Waals surface area contributed by atoms with Gasteiger partial charge in [-0.15, -0.1) is 11.3 Å². The molecule has 21 heavy (non-hydrogen) atoms. The van der Waals surface area contributed by atoms with E-state index < -0.39 is 0 Å². The highest BCUT2D eigenvalue weighted by atomic mass is 32.1. The fourth-order valence-corrected chi connectivity index (χ4v) is 3.57. The Hall–Kier alpha value is -2.17. The van der Waals surface area contributed by atoms with Crippen molar-refractivity contribution >= 4 is 32.5 Å². The van der Waals surface area contributed by atoms with Crippen LogP contribution < -0.4 is 0 Å². The SMILES string of the molecule is OCc1ccc2ccn(Cc3nc4ccccc4s3)c2c1. The first kappa shape index (κ1) is 12.6. The summed E-state index contributed by atoms with van der Waals surface area (Å²) in [4.78, 5) is 4.69. The summed E-state index contributed by atoms with van der Waals surface area (Å²) in [6.07, 6.45) is 2.08. The van der Waals surface area contributed by atoms with Gasteiger partial charge < -0.3 is 9.67 Å². The molecule has 0 saturated heterocycles. The van der Waals surface area contributed by atoms with Crippen LogP contribution in [0.25, 0.3) is 21.1 Å². The van der Waals surface area contributed by atoms with Gasteiger partial charge >= 0.3 is 0 Å². The van der Waals surface area contributed by atoms with Crippen molar-refractivity contribution in [2.45, 2.75) is 13.2 Å². The van der Waals surface area contributed by atoms with Gasteiger partial charge in [0.25, 0.3) is 0 Å². The van der Waals surface area contributed by atoms with E-state index in [0.29, 0.717) is 0 Å². The van der Waals surface area contributed by atoms with E-state index in [1.54, 1.807) is 11.3 Å². The topological polar surface area (TPSA) is 38.0 Å². The third kappa shape index (κ3) is 2.22. The van der Waals surface area contributed by atoms with Gasteiger partial charge in [-0.3, -0.25) is 0 Å². The Bertz CT molecular complexity index is 890. The van der Waals surface area contributed by atoms with Crippen LogP contribution in [0.1, 0.15) is 10.6 Å². The highest BCUT2D eigenvalue weighted by Crippen LogP contribution is 2.24. The molecule has 104 valence electrons. The standard InChI is InChI=1S/C17H14N2OS/c20-11-12-5-6-13-7-8-19(15(13)9-12)10-17-18-14-3-1-2-4-16(14)21-17/h1-9,20H,10-11H2. The first-order valence-corrected chi connectivity index (χ1v) is 7.68. The molecule has 0 spiro atoms. The zero-order valence-corrected chi connectivity index (χ0v) is 12.2. The minimum atomic E-state index is 0.0717. The molecule has 0 radical (unpaired) electrons. The predicted molar refractivity (Wildman–Crippen MR) is 86.6 cm³/mol. The maximum atomic E-state index is 9.29. The minimum absolute atomic E-state index is 0.0717. The van der Waals surface area contributed by atoms with Crippen molar-refractivity contribution < 1.29 is 5.11 Å². The van der Waals surface area contributed by atoms with Gasteiger partial charge in [-0.05, 0) is 35.2 Å². The largest absolute Gasteiger partial charge is 0.392 e. The molecule has 0 aliphatic carbocycles. The van der Waals surface area contributed by atoms with Crippen LogP contribution >= 0.6 is 11.3 Å². The molecular formula is C17H14N2OS. The second-order valence-electron chi connectivity index (χ2n) is 5.07. The maximum Gasteiger partial charge on any atom is 0.114 e. The van der Waals surface area contributed by atoms with E-state index in [1.165, 1.54) is 10.1 Å². The molecule has 3 nitrogen and oxygen atoms in total. The lowest BCUT2D eigenvalue weighted by Crippen LogP contribution is -1.97. The van der Waals surface area contributed by atoms with Crippen LogP contribution in [0, 0.1) is 0 Å². The number of aliphatic hydroxyl groups is 1. The number of fused-ring (bicyclic) bond motifs is 2. The van der Waals surface area contributed by atoms with E-state index in [0.717, 1.165) is 28.1 Å². The smallest absolute Gasteiger partial charge is 0.114 e. The van der Waals surface area contributed by atoms with Crippen LogP contribution in [0.4, 0.5) is 0 Å². The number of hydrogen-bond donors (Lipinski definition) is 1. The third-order valence-corrected chi connectivity index (χ3v) is 4.69. The summed E-state index contributed by atoms with van der Waals surface area (Å²) in [5.41, 5.74) is 3.14. The van der Waals surface area contributed by atoms with Crippen LogP contribution in [0.5, 0.6) is 0 Å². The lowest BCUT2D eigenvalue weighted by Gasteiger charge is -2.04. The number of para-hydroxylation sites is 1. The molecule has 4 rings (SSSR count). The maximum absolute atomic E-state index is 9.29. The fourth-order valence-electron chi connectivity index (χ4n) is 2.60. The van der Waals surface area contributed by atoms with Gasteiger partial charge in [0, 0.05) is 11.7 Å². The molecule has 0 aliphatic rings. The van der Waals surface area contributed by atoms with E-state index in [-0.39, 0.29) is 6.61 Å². The Morgan fingerprint density at radius 1 is 1.10 bits per heavy atom. The first-order valence-electron chi connectivity index (χ1n) is 6.86. The summed E-state index contributed by atoms with van der Waals surface area (Å²) < 4.78 is 3.41. The fraction of sp³-hybridized carbons (Fsp3) is 0.118. The van der Waals surface area contributed by atoms with E-state index in [2.05, 4.69) is 33.9 Å². The van der Waals surface area contributed by atoms with Crippen LogP contribution in [0.2, 0.25) is 0 Å². The highest BCUT2D eigenvalue weighted by Gasteiger charge is 2.07. The number of benzene rings is 2. The predicted octanol–water partition coefficient (Wildman–Crippen LogP) is 3.79. The van der Waals surface area contributed by atoms with Crippen molar-refractivity contribution in [3.05, 3.63) is 65.3 Å². The van der Waals surface area contributed by atoms with Gasteiger partial charge in [0.2, 0.25) is 0 Å². The second kappa shape index (κ2) is 4.98. The van der Waals surface area contributed by atoms with Crippen LogP contribution in [0.15, 0.2) is 54.7 Å². The van der Waals surface area contributed by atoms with Gasteiger partial charge in [-0.2, -0.15) is 0 Å². The zero-order valence-electron chi connectivity index (χ0n) is 11.4. The Labute approximate surface area is 126 Å². The van der Waals surface area contributed by atoms with Gasteiger partial charge in [-0.1, -0.05) is 24.3 Å². The molecule has 0 bridgehead atoms. The molecule has 0 aliphatic heterocycles. The van der Waals surface area contributed by atoms with E-state index >= 15 is 0 Å². The van der Waals surface area contributed by atoms with E-state index in [4.69, 9.17) is 0 Å². The lowest BCUT2D eigenvalue weighted by atomic mass is 10.2. The molecule has 2 aromatic carbocycles. The van der Waals surface area contributed by atoms with Crippen molar-refractivity contribution in [1.82, 2.24) is 9.55 Å². The summed E-state index contributed by atoms with van der Waals surface area (Å²) in [5.74, 6) is 0. The molecule has 0 saturated carbocycles. The Kier molecular flexibility index (Phi) is 2.98. The average molecular weight is 294 g/mol. The van der Waals surface area contributed by atoms with Crippen molar-refractivity contribution in [2.75, 3.05) is 0 Å². The number of aromatic nitrogens is 2. The molecule has 0 unspecified atom stereocenters. The average Bonchev–Trinajstić information content (AvgIpc) is 3.10. The molecular weight excluding hydrogens is 280 g/mol. The summed E-state index contributed by atoms with van der Waals surface area (Å²) in [6.45, 7) is 0.833. The third-order valence-electron chi connectivity index (χ3n) is 3.66. The molecule has 1 N–H and O–H groups in total. The molecule has 2 aromatic heterocycles. The van der Waals surface area contributed by atoms with Crippen molar-refractivity contribution in [1.29, 1.82) is 0 Å². The summed E-state index contributed by atoms with van der Waals surface area (Å²) in [5, 5.41) is 11.6. The van der Waals surface area contributed by atoms with Crippen molar-refractivity contribution in [2.24, 2.45) is 0 Å². The van der Waals surface area contributed by atoms with Crippen LogP contribution in [-0.4, -0.2) is 14.7 Å². The first-order chi connectivity index (χ1) is 10.3. The molecule has 4 aromatic rings. The quantitative estimate of drug-likeness (QED) is 0.624. The number of nitrogens with zero attached hydrogens (tertiary/aromatic N) is 2. The number of hydrogen-bond acceptors (Lipinski definition) is 3. The molecule has 0 fully saturated rings. The highest BCUT2D eigenvalue weighted by molar-refractivity contribution is 7.18. The Morgan fingerprint density at radius 3 is 2.86 bits per heavy atom. The van der Waals surface area contributed by atoms with Gasteiger partial charge in [-0.25, -0.2) is 4.98 Å². The number of aliphatic hydroxyl groups excluding tert-OH is 1. The molecule has 0 atom stereocenters. The number of thiazole rings is 1. The van der Waals surface area contributed by atoms with Gasteiger partial charge in [0.15, 0.2) is 0 Å².